The molecule has 0 aliphatic carbocycles. The molecule has 3 rings (SSSR count). The van der Waals surface area contributed by atoms with Gasteiger partial charge in [0.1, 0.15) is 24.2 Å². The highest BCUT2D eigenvalue weighted by Crippen LogP contribution is 2.30. The molecule has 2 aromatic carbocycles. The van der Waals surface area contributed by atoms with Crippen molar-refractivity contribution in [2.24, 2.45) is 0 Å². The van der Waals surface area contributed by atoms with E-state index in [1.54, 1.807) is 0 Å². The molecule has 0 saturated heterocycles. The Balaban J connectivity index is 1.65. The second-order valence-corrected chi connectivity index (χ2v) is 6.19. The topological polar surface area (TPSA) is 18.5 Å². The van der Waals surface area contributed by atoms with E-state index < -0.39 is 0 Å². The first-order valence-corrected chi connectivity index (χ1v) is 7.56. The first kappa shape index (κ1) is 13.5. The van der Waals surface area contributed by atoms with Crippen LogP contribution in [0.4, 0.5) is 0 Å². The van der Waals surface area contributed by atoms with E-state index >= 15 is 0 Å². The monoisotopic (exact) mass is 332 g/mol. The van der Waals surface area contributed by atoms with Crippen molar-refractivity contribution in [3.8, 4) is 11.5 Å². The van der Waals surface area contributed by atoms with E-state index in [1.165, 1.54) is 11.1 Å². The van der Waals surface area contributed by atoms with Crippen LogP contribution in [0.25, 0.3) is 0 Å². The summed E-state index contributed by atoms with van der Waals surface area (Å²) in [7, 11) is 0. The maximum Gasteiger partial charge on any atom is 0.137 e. The number of rotatable bonds is 3. The molecule has 1 aliphatic rings. The molecule has 0 N–H and O–H groups in total. The fourth-order valence-electron chi connectivity index (χ4n) is 2.45. The van der Waals surface area contributed by atoms with Crippen molar-refractivity contribution in [3.63, 3.8) is 0 Å². The Kier molecular flexibility index (Phi) is 3.70. The number of benzene rings is 2. The molecule has 0 fully saturated rings. The maximum absolute atomic E-state index is 5.92. The van der Waals surface area contributed by atoms with Crippen molar-refractivity contribution < 1.29 is 9.47 Å². The van der Waals surface area contributed by atoms with Gasteiger partial charge in [0, 0.05) is 10.9 Å². The average molecular weight is 333 g/mol. The molecule has 0 amide bonds. The van der Waals surface area contributed by atoms with Crippen molar-refractivity contribution in [2.45, 2.75) is 26.4 Å². The summed E-state index contributed by atoms with van der Waals surface area (Å²) in [6, 6.07) is 12.4. The smallest absolute Gasteiger partial charge is 0.137 e. The summed E-state index contributed by atoms with van der Waals surface area (Å²) in [5.41, 5.74) is 3.70. The summed E-state index contributed by atoms with van der Waals surface area (Å²) in [6.07, 6.45) is 1.02. The third kappa shape index (κ3) is 2.83. The molecule has 20 heavy (non-hydrogen) atoms. The molecule has 2 nitrogen and oxygen atoms in total. The maximum atomic E-state index is 5.92. The molecule has 1 atom stereocenters. The Labute approximate surface area is 127 Å². The number of fused-ring (bicyclic) bond motifs is 1. The summed E-state index contributed by atoms with van der Waals surface area (Å²) < 4.78 is 12.9. The largest absolute Gasteiger partial charge is 0.489 e. The third-order valence-corrected chi connectivity index (χ3v) is 4.03. The number of aryl methyl sites for hydroxylation is 2. The zero-order valence-corrected chi connectivity index (χ0v) is 13.2. The second kappa shape index (κ2) is 5.49. The van der Waals surface area contributed by atoms with E-state index in [0.29, 0.717) is 6.61 Å². The minimum atomic E-state index is 0.102. The average Bonchev–Trinajstić information content (AvgIpc) is 2.81. The number of hydrogen-bond donors (Lipinski definition) is 0. The Hall–Kier alpha value is -1.48. The Morgan fingerprint density at radius 2 is 2.05 bits per heavy atom. The lowest BCUT2D eigenvalue weighted by atomic mass is 10.1. The van der Waals surface area contributed by atoms with Gasteiger partial charge in [0.25, 0.3) is 0 Å². The van der Waals surface area contributed by atoms with Crippen LogP contribution in [-0.4, -0.2) is 12.7 Å². The van der Waals surface area contributed by atoms with E-state index in [1.807, 2.05) is 18.2 Å². The lowest BCUT2D eigenvalue weighted by Crippen LogP contribution is -2.22. The fourth-order valence-corrected chi connectivity index (χ4v) is 2.79. The molecule has 2 aromatic rings. The molecule has 0 radical (unpaired) electrons. The van der Waals surface area contributed by atoms with Gasteiger partial charge in [0.2, 0.25) is 0 Å². The molecule has 1 aliphatic heterocycles. The lowest BCUT2D eigenvalue weighted by molar-refractivity contribution is 0.148. The minimum absolute atomic E-state index is 0.102. The normalized spacial score (nSPS) is 16.6. The van der Waals surface area contributed by atoms with Crippen molar-refractivity contribution in [2.75, 3.05) is 6.61 Å². The van der Waals surface area contributed by atoms with Gasteiger partial charge >= 0.3 is 0 Å². The summed E-state index contributed by atoms with van der Waals surface area (Å²) >= 11 is 3.47. The van der Waals surface area contributed by atoms with Gasteiger partial charge in [0.15, 0.2) is 0 Å². The van der Waals surface area contributed by atoms with E-state index in [2.05, 4.69) is 48.0 Å². The van der Waals surface area contributed by atoms with Crippen LogP contribution >= 0.6 is 15.9 Å². The van der Waals surface area contributed by atoms with Crippen molar-refractivity contribution in [1.29, 1.82) is 0 Å². The van der Waals surface area contributed by atoms with Crippen LogP contribution in [0.15, 0.2) is 40.9 Å². The van der Waals surface area contributed by atoms with Crippen LogP contribution in [-0.2, 0) is 6.42 Å². The van der Waals surface area contributed by atoms with Crippen LogP contribution in [0.3, 0.4) is 0 Å². The Morgan fingerprint density at radius 3 is 2.90 bits per heavy atom. The van der Waals surface area contributed by atoms with E-state index in [-0.39, 0.29) is 6.10 Å². The van der Waals surface area contributed by atoms with E-state index in [4.69, 9.17) is 9.47 Å². The van der Waals surface area contributed by atoms with Crippen molar-refractivity contribution >= 4 is 15.9 Å². The van der Waals surface area contributed by atoms with Gasteiger partial charge in [-0.2, -0.15) is 0 Å². The number of ether oxygens (including phenoxy) is 2. The van der Waals surface area contributed by atoms with Crippen LogP contribution in [0.2, 0.25) is 0 Å². The zero-order chi connectivity index (χ0) is 14.1. The Morgan fingerprint density at radius 1 is 1.20 bits per heavy atom. The molecular formula is C17H17BrO2. The van der Waals surface area contributed by atoms with Gasteiger partial charge in [-0.15, -0.1) is 0 Å². The van der Waals surface area contributed by atoms with Gasteiger partial charge < -0.3 is 9.47 Å². The first-order valence-electron chi connectivity index (χ1n) is 6.77. The molecule has 1 heterocycles. The highest BCUT2D eigenvalue weighted by Gasteiger charge is 2.23. The minimum Gasteiger partial charge on any atom is -0.489 e. The second-order valence-electron chi connectivity index (χ2n) is 5.28. The lowest BCUT2D eigenvalue weighted by Gasteiger charge is -2.14. The molecular weight excluding hydrogens is 316 g/mol. The van der Waals surface area contributed by atoms with Crippen molar-refractivity contribution in [1.82, 2.24) is 0 Å². The quantitative estimate of drug-likeness (QED) is 0.826. The fraction of sp³-hybridized carbons (Fsp3) is 0.294. The molecule has 0 saturated carbocycles. The molecule has 0 aromatic heterocycles. The van der Waals surface area contributed by atoms with Crippen molar-refractivity contribution in [3.05, 3.63) is 57.6 Å². The highest BCUT2D eigenvalue weighted by atomic mass is 79.9. The van der Waals surface area contributed by atoms with Crippen LogP contribution in [0.5, 0.6) is 11.5 Å². The van der Waals surface area contributed by atoms with E-state index in [9.17, 15) is 0 Å². The first-order chi connectivity index (χ1) is 9.61. The predicted octanol–water partition coefficient (Wildman–Crippen LogP) is 4.45. The third-order valence-electron chi connectivity index (χ3n) is 3.53. The Bertz CT molecular complexity index is 637. The van der Waals surface area contributed by atoms with Crippen LogP contribution in [0.1, 0.15) is 16.7 Å². The summed E-state index contributed by atoms with van der Waals surface area (Å²) in [6.45, 7) is 4.73. The van der Waals surface area contributed by atoms with Gasteiger partial charge in [-0.1, -0.05) is 39.7 Å². The van der Waals surface area contributed by atoms with Crippen LogP contribution in [0, 0.1) is 13.8 Å². The summed E-state index contributed by atoms with van der Waals surface area (Å²) in [5, 5.41) is 0. The zero-order valence-electron chi connectivity index (χ0n) is 11.7. The van der Waals surface area contributed by atoms with Gasteiger partial charge in [-0.05, 0) is 43.2 Å². The standard InChI is InChI=1S/C17H17BrO2/c1-11-3-6-16-13(7-11)8-15(20-16)10-19-17-9-14(18)5-4-12(17)2/h3-7,9,15H,8,10H2,1-2H3. The van der Waals surface area contributed by atoms with E-state index in [0.717, 1.165) is 28.0 Å². The van der Waals surface area contributed by atoms with Gasteiger partial charge in [0.05, 0.1) is 0 Å². The van der Waals surface area contributed by atoms with Gasteiger partial charge in [-0.25, -0.2) is 0 Å². The highest BCUT2D eigenvalue weighted by molar-refractivity contribution is 9.10. The van der Waals surface area contributed by atoms with Crippen LogP contribution < -0.4 is 9.47 Å². The molecule has 0 bridgehead atoms. The summed E-state index contributed by atoms with van der Waals surface area (Å²) in [5.74, 6) is 1.91. The SMILES string of the molecule is Cc1ccc2c(c1)CC(COc1cc(Br)ccc1C)O2. The molecule has 0 spiro atoms. The number of halogens is 1. The number of hydrogen-bond acceptors (Lipinski definition) is 2. The molecule has 3 heteroatoms. The molecule has 104 valence electrons. The van der Waals surface area contributed by atoms with Gasteiger partial charge in [-0.3, -0.25) is 0 Å². The molecule has 1 unspecified atom stereocenters. The predicted molar refractivity (Wildman–Crippen MR) is 83.7 cm³/mol. The summed E-state index contributed by atoms with van der Waals surface area (Å²) in [4.78, 5) is 0.